The summed E-state index contributed by atoms with van der Waals surface area (Å²) in [5.41, 5.74) is 7.18. The molecule has 0 atom stereocenters. The predicted octanol–water partition coefficient (Wildman–Crippen LogP) is 2.51. The van der Waals surface area contributed by atoms with Crippen LogP contribution in [-0.4, -0.2) is 22.2 Å². The molecule has 2 aromatic rings. The molecular formula is C12H12BrN3O2. The van der Waals surface area contributed by atoms with E-state index in [-0.39, 0.29) is 5.75 Å². The summed E-state index contributed by atoms with van der Waals surface area (Å²) in [5, 5.41) is 9.74. The Morgan fingerprint density at radius 3 is 2.61 bits per heavy atom. The Morgan fingerprint density at radius 2 is 2.00 bits per heavy atom. The van der Waals surface area contributed by atoms with Crippen LogP contribution in [0.3, 0.4) is 0 Å². The highest BCUT2D eigenvalue weighted by Crippen LogP contribution is 2.37. The van der Waals surface area contributed by atoms with Crippen molar-refractivity contribution in [3.63, 3.8) is 0 Å². The van der Waals surface area contributed by atoms with Gasteiger partial charge >= 0.3 is 0 Å². The highest BCUT2D eigenvalue weighted by Gasteiger charge is 2.12. The van der Waals surface area contributed by atoms with Gasteiger partial charge in [-0.15, -0.1) is 0 Å². The topological polar surface area (TPSA) is 81.3 Å². The van der Waals surface area contributed by atoms with Crippen LogP contribution in [0, 0.1) is 6.92 Å². The van der Waals surface area contributed by atoms with Crippen molar-refractivity contribution in [2.75, 3.05) is 12.8 Å². The number of hydrogen-bond donors (Lipinski definition) is 2. The molecule has 0 amide bonds. The lowest BCUT2D eigenvalue weighted by Crippen LogP contribution is -1.98. The van der Waals surface area contributed by atoms with Crippen LogP contribution in [0.15, 0.2) is 22.7 Å². The molecule has 1 aromatic carbocycles. The van der Waals surface area contributed by atoms with Gasteiger partial charge in [-0.1, -0.05) is 0 Å². The third-order valence-corrected chi connectivity index (χ3v) is 2.99. The molecule has 0 fully saturated rings. The minimum atomic E-state index is 0.0434. The first kappa shape index (κ1) is 12.6. The van der Waals surface area contributed by atoms with Gasteiger partial charge in [0.15, 0.2) is 17.3 Å². The Hall–Kier alpha value is -1.82. The SMILES string of the molecule is COc1cc(-c2nc(C)cc(N)n2)cc(Br)c1O. The largest absolute Gasteiger partial charge is 0.503 e. The fourth-order valence-electron chi connectivity index (χ4n) is 1.58. The fourth-order valence-corrected chi connectivity index (χ4v) is 2.02. The standard InChI is InChI=1S/C12H12BrN3O2/c1-6-3-10(14)16-12(15-6)7-4-8(13)11(17)9(5-7)18-2/h3-5,17H,1-2H3,(H2,14,15,16). The van der Waals surface area contributed by atoms with Gasteiger partial charge in [0.25, 0.3) is 0 Å². The van der Waals surface area contributed by atoms with Crippen LogP contribution < -0.4 is 10.5 Å². The Bertz CT molecular complexity index is 582. The number of ether oxygens (including phenoxy) is 1. The number of aromatic hydroxyl groups is 1. The smallest absolute Gasteiger partial charge is 0.172 e. The third-order valence-electron chi connectivity index (χ3n) is 2.38. The number of phenols is 1. The Morgan fingerprint density at radius 1 is 1.28 bits per heavy atom. The van der Waals surface area contributed by atoms with Crippen LogP contribution in [-0.2, 0) is 0 Å². The second-order valence-electron chi connectivity index (χ2n) is 3.77. The number of aromatic nitrogens is 2. The third kappa shape index (κ3) is 2.38. The van der Waals surface area contributed by atoms with Crippen LogP contribution in [0.4, 0.5) is 5.82 Å². The average molecular weight is 310 g/mol. The molecule has 0 radical (unpaired) electrons. The number of hydrogen-bond acceptors (Lipinski definition) is 5. The van der Waals surface area contributed by atoms with Gasteiger partial charge in [-0.25, -0.2) is 9.97 Å². The Labute approximate surface area is 113 Å². The molecule has 0 saturated carbocycles. The van der Waals surface area contributed by atoms with Crippen molar-refractivity contribution >= 4 is 21.7 Å². The fraction of sp³-hybridized carbons (Fsp3) is 0.167. The number of halogens is 1. The molecule has 3 N–H and O–H groups in total. The van der Waals surface area contributed by atoms with Crippen molar-refractivity contribution in [3.05, 3.63) is 28.4 Å². The van der Waals surface area contributed by atoms with Crippen molar-refractivity contribution in [1.29, 1.82) is 0 Å². The first-order valence-corrected chi connectivity index (χ1v) is 5.98. The number of rotatable bonds is 2. The summed E-state index contributed by atoms with van der Waals surface area (Å²) < 4.78 is 5.60. The van der Waals surface area contributed by atoms with Gasteiger partial charge in [0.05, 0.1) is 11.6 Å². The van der Waals surface area contributed by atoms with E-state index < -0.39 is 0 Å². The molecule has 18 heavy (non-hydrogen) atoms. The summed E-state index contributed by atoms with van der Waals surface area (Å²) in [4.78, 5) is 8.46. The van der Waals surface area contributed by atoms with E-state index in [1.165, 1.54) is 7.11 Å². The molecule has 94 valence electrons. The number of nitrogens with two attached hydrogens (primary N) is 1. The minimum absolute atomic E-state index is 0.0434. The number of anilines is 1. The van der Waals surface area contributed by atoms with E-state index >= 15 is 0 Å². The molecule has 1 heterocycles. The summed E-state index contributed by atoms with van der Waals surface area (Å²) in [5.74, 6) is 1.29. The molecule has 0 unspecified atom stereocenters. The first-order valence-electron chi connectivity index (χ1n) is 5.19. The molecule has 1 aromatic heterocycles. The van der Waals surface area contributed by atoms with Crippen LogP contribution in [0.25, 0.3) is 11.4 Å². The number of methoxy groups -OCH3 is 1. The number of phenolic OH excluding ortho intramolecular Hbond substituents is 1. The highest BCUT2D eigenvalue weighted by atomic mass is 79.9. The second-order valence-corrected chi connectivity index (χ2v) is 4.62. The van der Waals surface area contributed by atoms with Gasteiger partial charge in [-0.2, -0.15) is 0 Å². The van der Waals surface area contributed by atoms with E-state index in [9.17, 15) is 5.11 Å². The van der Waals surface area contributed by atoms with E-state index in [1.807, 2.05) is 6.92 Å². The van der Waals surface area contributed by atoms with Crippen LogP contribution in [0.1, 0.15) is 5.69 Å². The predicted molar refractivity (Wildman–Crippen MR) is 72.5 cm³/mol. The molecular weight excluding hydrogens is 298 g/mol. The molecule has 0 aliphatic rings. The second kappa shape index (κ2) is 4.81. The monoisotopic (exact) mass is 309 g/mol. The molecule has 0 aliphatic carbocycles. The quantitative estimate of drug-likeness (QED) is 0.891. The molecule has 0 aliphatic heterocycles. The van der Waals surface area contributed by atoms with Crippen molar-refractivity contribution in [1.82, 2.24) is 9.97 Å². The zero-order chi connectivity index (χ0) is 13.3. The number of aryl methyl sites for hydroxylation is 1. The van der Waals surface area contributed by atoms with Gasteiger partial charge in [0, 0.05) is 17.3 Å². The lowest BCUT2D eigenvalue weighted by molar-refractivity contribution is 0.372. The van der Waals surface area contributed by atoms with Crippen LogP contribution in [0.5, 0.6) is 11.5 Å². The van der Waals surface area contributed by atoms with E-state index in [4.69, 9.17) is 10.5 Å². The average Bonchev–Trinajstić information content (AvgIpc) is 2.31. The number of nitrogen functional groups attached to an aromatic ring is 1. The Balaban J connectivity index is 2.60. The number of nitrogens with zero attached hydrogens (tertiary/aromatic N) is 2. The van der Waals surface area contributed by atoms with Gasteiger partial charge in [-0.3, -0.25) is 0 Å². The van der Waals surface area contributed by atoms with Crippen molar-refractivity contribution < 1.29 is 9.84 Å². The summed E-state index contributed by atoms with van der Waals surface area (Å²) in [7, 11) is 1.48. The van der Waals surface area contributed by atoms with Crippen molar-refractivity contribution in [2.24, 2.45) is 0 Å². The summed E-state index contributed by atoms with van der Waals surface area (Å²) in [6.45, 7) is 1.84. The highest BCUT2D eigenvalue weighted by molar-refractivity contribution is 9.10. The van der Waals surface area contributed by atoms with Crippen LogP contribution in [0.2, 0.25) is 0 Å². The lowest BCUT2D eigenvalue weighted by atomic mass is 10.2. The molecule has 0 saturated heterocycles. The molecule has 0 bridgehead atoms. The Kier molecular flexibility index (Phi) is 3.38. The maximum atomic E-state index is 9.74. The maximum Gasteiger partial charge on any atom is 0.172 e. The molecule has 5 nitrogen and oxygen atoms in total. The van der Waals surface area contributed by atoms with Gasteiger partial charge in [0.2, 0.25) is 0 Å². The first-order chi connectivity index (χ1) is 8.51. The van der Waals surface area contributed by atoms with E-state index in [0.29, 0.717) is 27.4 Å². The summed E-state index contributed by atoms with van der Waals surface area (Å²) in [6.07, 6.45) is 0. The molecule has 6 heteroatoms. The van der Waals surface area contributed by atoms with E-state index in [1.54, 1.807) is 18.2 Å². The number of benzene rings is 1. The van der Waals surface area contributed by atoms with Crippen LogP contribution >= 0.6 is 15.9 Å². The summed E-state index contributed by atoms with van der Waals surface area (Å²) >= 11 is 3.26. The van der Waals surface area contributed by atoms with Crippen molar-refractivity contribution in [3.8, 4) is 22.9 Å². The minimum Gasteiger partial charge on any atom is -0.503 e. The van der Waals surface area contributed by atoms with E-state index in [2.05, 4.69) is 25.9 Å². The zero-order valence-electron chi connectivity index (χ0n) is 9.94. The lowest BCUT2D eigenvalue weighted by Gasteiger charge is -2.09. The van der Waals surface area contributed by atoms with E-state index in [0.717, 1.165) is 5.69 Å². The summed E-state index contributed by atoms with van der Waals surface area (Å²) in [6, 6.07) is 5.07. The normalized spacial score (nSPS) is 10.4. The molecule has 2 rings (SSSR count). The zero-order valence-corrected chi connectivity index (χ0v) is 11.5. The molecule has 0 spiro atoms. The van der Waals surface area contributed by atoms with Gasteiger partial charge in [0.1, 0.15) is 5.82 Å². The maximum absolute atomic E-state index is 9.74. The van der Waals surface area contributed by atoms with Gasteiger partial charge < -0.3 is 15.6 Å². The van der Waals surface area contributed by atoms with Crippen molar-refractivity contribution in [2.45, 2.75) is 6.92 Å². The van der Waals surface area contributed by atoms with Gasteiger partial charge in [-0.05, 0) is 35.0 Å².